The maximum atomic E-state index is 12.4. The number of piperidine rings is 1. The number of anilines is 3. The lowest BCUT2D eigenvalue weighted by atomic mass is 10.1. The van der Waals surface area contributed by atoms with E-state index in [1.165, 1.54) is 0 Å². The van der Waals surface area contributed by atoms with E-state index >= 15 is 0 Å². The fourth-order valence-corrected chi connectivity index (χ4v) is 4.81. The summed E-state index contributed by atoms with van der Waals surface area (Å²) in [5.41, 5.74) is 3.07. The normalized spacial score (nSPS) is 16.6. The topological polar surface area (TPSA) is 122 Å². The van der Waals surface area contributed by atoms with Crippen LogP contribution in [0.4, 0.5) is 22.0 Å². The standard InChI is InChI=1S/C26H29N9O2/c36-26(31-20-5-9-27-10-6-20)30-19-3-1-18(2-4-19)23-32-24(34-13-15-37-16-14-34)22-17-29-35(25(22)33-23)21-7-11-28-12-8-21/h1-6,9-10,17,21,28H,7-8,11-16H2,(H2,27,30,31,36). The number of hydrogen-bond donors (Lipinski definition) is 3. The van der Waals surface area contributed by atoms with E-state index in [2.05, 4.69) is 30.5 Å². The van der Waals surface area contributed by atoms with Gasteiger partial charge in [-0.3, -0.25) is 4.98 Å². The highest BCUT2D eigenvalue weighted by Gasteiger charge is 2.24. The van der Waals surface area contributed by atoms with Crippen LogP contribution in [0, 0.1) is 0 Å². The summed E-state index contributed by atoms with van der Waals surface area (Å²) in [6, 6.07) is 11.0. The number of morpholine rings is 1. The number of hydrogen-bond acceptors (Lipinski definition) is 8. The molecule has 0 aliphatic carbocycles. The fourth-order valence-electron chi connectivity index (χ4n) is 4.81. The summed E-state index contributed by atoms with van der Waals surface area (Å²) in [7, 11) is 0. The Morgan fingerprint density at radius 2 is 1.65 bits per heavy atom. The SMILES string of the molecule is O=C(Nc1ccncc1)Nc1ccc(-c2nc(N3CCOCC3)c3cnn(C4CCNCC4)c3n2)cc1. The second-order valence-electron chi connectivity index (χ2n) is 9.17. The molecular formula is C26H29N9O2. The Kier molecular flexibility index (Phi) is 6.61. The smallest absolute Gasteiger partial charge is 0.323 e. The molecule has 0 radical (unpaired) electrons. The first-order valence-electron chi connectivity index (χ1n) is 12.6. The summed E-state index contributed by atoms with van der Waals surface area (Å²) in [5, 5.41) is 14.8. The van der Waals surface area contributed by atoms with Gasteiger partial charge in [0.1, 0.15) is 5.82 Å². The van der Waals surface area contributed by atoms with Crippen LogP contribution in [0.5, 0.6) is 0 Å². The predicted octanol–water partition coefficient (Wildman–Crippen LogP) is 3.29. The van der Waals surface area contributed by atoms with Gasteiger partial charge in [0.05, 0.1) is 30.8 Å². The van der Waals surface area contributed by atoms with Gasteiger partial charge in [0.2, 0.25) is 0 Å². The molecular weight excluding hydrogens is 470 g/mol. The van der Waals surface area contributed by atoms with Gasteiger partial charge in [-0.1, -0.05) is 0 Å². The lowest BCUT2D eigenvalue weighted by molar-refractivity contribution is 0.122. The molecule has 0 unspecified atom stereocenters. The first-order chi connectivity index (χ1) is 18.2. The second-order valence-corrected chi connectivity index (χ2v) is 9.17. The van der Waals surface area contributed by atoms with Crippen molar-refractivity contribution in [3.05, 3.63) is 55.0 Å². The Labute approximate surface area is 214 Å². The molecule has 2 aliphatic heterocycles. The molecule has 2 fully saturated rings. The van der Waals surface area contributed by atoms with E-state index in [1.807, 2.05) is 30.5 Å². The van der Waals surface area contributed by atoms with E-state index < -0.39 is 0 Å². The summed E-state index contributed by atoms with van der Waals surface area (Å²) in [4.78, 5) is 28.6. The van der Waals surface area contributed by atoms with E-state index in [9.17, 15) is 4.79 Å². The molecule has 3 aromatic heterocycles. The van der Waals surface area contributed by atoms with Gasteiger partial charge >= 0.3 is 6.03 Å². The molecule has 5 heterocycles. The van der Waals surface area contributed by atoms with Crippen molar-refractivity contribution in [2.45, 2.75) is 18.9 Å². The Bertz CT molecular complexity index is 1360. The van der Waals surface area contributed by atoms with Crippen molar-refractivity contribution in [3.63, 3.8) is 0 Å². The number of amides is 2. The Hall–Kier alpha value is -4.09. The maximum absolute atomic E-state index is 12.4. The fraction of sp³-hybridized carbons (Fsp3) is 0.346. The summed E-state index contributed by atoms with van der Waals surface area (Å²) >= 11 is 0. The van der Waals surface area contributed by atoms with Crippen molar-refractivity contribution >= 4 is 34.3 Å². The zero-order valence-corrected chi connectivity index (χ0v) is 20.4. The number of carbonyl (C=O) groups excluding carboxylic acids is 1. The zero-order chi connectivity index (χ0) is 25.0. The minimum atomic E-state index is -0.322. The van der Waals surface area contributed by atoms with Crippen LogP contribution in [-0.4, -0.2) is 70.2 Å². The summed E-state index contributed by atoms with van der Waals surface area (Å²) < 4.78 is 7.65. The van der Waals surface area contributed by atoms with Gasteiger partial charge in [-0.05, 0) is 62.3 Å². The van der Waals surface area contributed by atoms with Crippen LogP contribution in [0.1, 0.15) is 18.9 Å². The summed E-state index contributed by atoms with van der Waals surface area (Å²) in [6.07, 6.45) is 7.20. The number of aromatic nitrogens is 5. The molecule has 37 heavy (non-hydrogen) atoms. The number of carbonyl (C=O) groups is 1. The third kappa shape index (κ3) is 5.09. The molecule has 2 saturated heterocycles. The molecule has 0 atom stereocenters. The lowest BCUT2D eigenvalue weighted by Gasteiger charge is -2.28. The van der Waals surface area contributed by atoms with E-state index in [4.69, 9.17) is 19.8 Å². The lowest BCUT2D eigenvalue weighted by Crippen LogP contribution is -2.37. The van der Waals surface area contributed by atoms with Crippen molar-refractivity contribution in [1.29, 1.82) is 0 Å². The van der Waals surface area contributed by atoms with Gasteiger partial charge in [0, 0.05) is 42.4 Å². The summed E-state index contributed by atoms with van der Waals surface area (Å²) in [5.74, 6) is 1.53. The molecule has 11 heteroatoms. The number of fused-ring (bicyclic) bond motifs is 1. The zero-order valence-electron chi connectivity index (χ0n) is 20.4. The van der Waals surface area contributed by atoms with Gasteiger partial charge < -0.3 is 25.6 Å². The Balaban J connectivity index is 1.30. The van der Waals surface area contributed by atoms with Crippen LogP contribution in [-0.2, 0) is 4.74 Å². The van der Waals surface area contributed by atoms with Crippen LogP contribution in [0.25, 0.3) is 22.4 Å². The van der Waals surface area contributed by atoms with Gasteiger partial charge in [-0.2, -0.15) is 5.10 Å². The molecule has 3 N–H and O–H groups in total. The Morgan fingerprint density at radius 1 is 0.946 bits per heavy atom. The second kappa shape index (κ2) is 10.5. The van der Waals surface area contributed by atoms with E-state index in [1.54, 1.807) is 24.5 Å². The minimum Gasteiger partial charge on any atom is -0.378 e. The first kappa shape index (κ1) is 23.3. The van der Waals surface area contributed by atoms with Crippen molar-refractivity contribution in [2.75, 3.05) is 54.9 Å². The van der Waals surface area contributed by atoms with Crippen LogP contribution in [0.15, 0.2) is 55.0 Å². The third-order valence-corrected chi connectivity index (χ3v) is 6.74. The van der Waals surface area contributed by atoms with Crippen molar-refractivity contribution in [2.24, 2.45) is 0 Å². The van der Waals surface area contributed by atoms with Gasteiger partial charge in [0.25, 0.3) is 0 Å². The van der Waals surface area contributed by atoms with Crippen LogP contribution >= 0.6 is 0 Å². The monoisotopic (exact) mass is 499 g/mol. The van der Waals surface area contributed by atoms with Crippen LogP contribution in [0.2, 0.25) is 0 Å². The molecule has 0 saturated carbocycles. The highest BCUT2D eigenvalue weighted by molar-refractivity contribution is 5.99. The number of nitrogens with zero attached hydrogens (tertiary/aromatic N) is 6. The predicted molar refractivity (Wildman–Crippen MR) is 142 cm³/mol. The number of urea groups is 1. The van der Waals surface area contributed by atoms with E-state index in [0.29, 0.717) is 36.5 Å². The number of benzene rings is 1. The Morgan fingerprint density at radius 3 is 2.38 bits per heavy atom. The van der Waals surface area contributed by atoms with Gasteiger partial charge in [-0.25, -0.2) is 19.4 Å². The van der Waals surface area contributed by atoms with Crippen LogP contribution < -0.4 is 20.9 Å². The molecule has 2 aliphatic rings. The maximum Gasteiger partial charge on any atom is 0.323 e. The molecule has 11 nitrogen and oxygen atoms in total. The van der Waals surface area contributed by atoms with Gasteiger partial charge in [0.15, 0.2) is 11.5 Å². The van der Waals surface area contributed by atoms with Crippen molar-refractivity contribution < 1.29 is 9.53 Å². The quantitative estimate of drug-likeness (QED) is 0.382. The first-order valence-corrected chi connectivity index (χ1v) is 12.6. The van der Waals surface area contributed by atoms with Crippen molar-refractivity contribution in [3.8, 4) is 11.4 Å². The molecule has 0 bridgehead atoms. The molecule has 0 spiro atoms. The molecule has 6 rings (SSSR count). The average molecular weight is 500 g/mol. The van der Waals surface area contributed by atoms with E-state index in [-0.39, 0.29) is 6.03 Å². The number of ether oxygens (including phenoxy) is 1. The number of rotatable bonds is 5. The molecule has 1 aromatic carbocycles. The minimum absolute atomic E-state index is 0.310. The van der Waals surface area contributed by atoms with Gasteiger partial charge in [-0.15, -0.1) is 0 Å². The molecule has 4 aromatic rings. The number of nitrogens with one attached hydrogen (secondary N) is 3. The van der Waals surface area contributed by atoms with E-state index in [0.717, 1.165) is 61.4 Å². The highest BCUT2D eigenvalue weighted by atomic mass is 16.5. The molecule has 2 amide bonds. The number of pyridine rings is 1. The van der Waals surface area contributed by atoms with Crippen molar-refractivity contribution in [1.82, 2.24) is 30.0 Å². The average Bonchev–Trinajstić information content (AvgIpc) is 3.38. The largest absolute Gasteiger partial charge is 0.378 e. The third-order valence-electron chi connectivity index (χ3n) is 6.74. The molecule has 190 valence electrons. The highest BCUT2D eigenvalue weighted by Crippen LogP contribution is 2.31. The summed E-state index contributed by atoms with van der Waals surface area (Å²) in [6.45, 7) is 4.85. The van der Waals surface area contributed by atoms with Crippen LogP contribution in [0.3, 0.4) is 0 Å².